The molecule has 1 unspecified atom stereocenters. The molecule has 4 heteroatoms. The summed E-state index contributed by atoms with van der Waals surface area (Å²) in [6.45, 7) is 3.15. The predicted molar refractivity (Wildman–Crippen MR) is 52.2 cm³/mol. The van der Waals surface area contributed by atoms with Crippen LogP contribution in [-0.2, 0) is 4.79 Å². The van der Waals surface area contributed by atoms with Crippen molar-refractivity contribution < 1.29 is 14.3 Å². The number of hydrogen-bond donors (Lipinski definition) is 1. The maximum Gasteiger partial charge on any atom is 0.310 e. The van der Waals surface area contributed by atoms with Crippen molar-refractivity contribution in [2.45, 2.75) is 19.8 Å². The zero-order chi connectivity index (χ0) is 10.9. The van der Waals surface area contributed by atoms with E-state index in [-0.39, 0.29) is 5.02 Å². The normalized spacial score (nSPS) is 12.6. The van der Waals surface area contributed by atoms with Crippen molar-refractivity contribution in [1.82, 2.24) is 0 Å². The number of halogens is 2. The zero-order valence-corrected chi connectivity index (χ0v) is 8.60. The Labute approximate surface area is 86.3 Å². The molecule has 0 aromatic heterocycles. The van der Waals surface area contributed by atoms with Gasteiger partial charge in [-0.05, 0) is 31.0 Å². The van der Waals surface area contributed by atoms with E-state index < -0.39 is 17.7 Å². The lowest BCUT2D eigenvalue weighted by atomic mass is 9.96. The van der Waals surface area contributed by atoms with Crippen molar-refractivity contribution in [3.63, 3.8) is 0 Å². The van der Waals surface area contributed by atoms with Crippen LogP contribution in [0.15, 0.2) is 12.1 Å². The van der Waals surface area contributed by atoms with Crippen LogP contribution < -0.4 is 0 Å². The summed E-state index contributed by atoms with van der Waals surface area (Å²) in [7, 11) is 0. The first-order chi connectivity index (χ1) is 6.45. The molecule has 0 radical (unpaired) electrons. The first kappa shape index (κ1) is 11.0. The lowest BCUT2D eigenvalue weighted by Crippen LogP contribution is -2.09. The number of carboxylic acids is 1. The number of aliphatic carboxylic acids is 1. The van der Waals surface area contributed by atoms with Crippen LogP contribution in [0.25, 0.3) is 0 Å². The Morgan fingerprint density at radius 3 is 2.64 bits per heavy atom. The highest BCUT2D eigenvalue weighted by atomic mass is 35.5. The van der Waals surface area contributed by atoms with E-state index in [9.17, 15) is 9.18 Å². The Morgan fingerprint density at radius 1 is 1.57 bits per heavy atom. The molecular formula is C10H10ClFO2. The first-order valence-electron chi connectivity index (χ1n) is 4.12. The fraction of sp³-hybridized carbons (Fsp3) is 0.300. The molecule has 0 amide bonds. The molecule has 1 aromatic rings. The molecule has 0 fully saturated rings. The minimum Gasteiger partial charge on any atom is -0.481 e. The number of hydrogen-bond acceptors (Lipinski definition) is 1. The topological polar surface area (TPSA) is 37.3 Å². The molecule has 1 aromatic carbocycles. The maximum atomic E-state index is 12.9. The number of carbonyl (C=O) groups is 1. The number of rotatable bonds is 2. The fourth-order valence-corrected chi connectivity index (χ4v) is 1.44. The van der Waals surface area contributed by atoms with Gasteiger partial charge in [-0.25, -0.2) is 4.39 Å². The van der Waals surface area contributed by atoms with E-state index in [4.69, 9.17) is 16.7 Å². The molecule has 1 atom stereocenters. The van der Waals surface area contributed by atoms with Crippen LogP contribution in [0.5, 0.6) is 0 Å². The molecule has 1 N–H and O–H groups in total. The van der Waals surface area contributed by atoms with Gasteiger partial charge in [-0.15, -0.1) is 0 Å². The van der Waals surface area contributed by atoms with E-state index in [1.165, 1.54) is 12.1 Å². The second-order valence-electron chi connectivity index (χ2n) is 3.14. The zero-order valence-electron chi connectivity index (χ0n) is 7.84. The Kier molecular flexibility index (Phi) is 3.11. The second kappa shape index (κ2) is 3.96. The Balaban J connectivity index is 3.24. The molecular weight excluding hydrogens is 207 g/mol. The van der Waals surface area contributed by atoms with E-state index >= 15 is 0 Å². The minimum atomic E-state index is -0.948. The molecule has 14 heavy (non-hydrogen) atoms. The summed E-state index contributed by atoms with van der Waals surface area (Å²) >= 11 is 5.66. The summed E-state index contributed by atoms with van der Waals surface area (Å²) in [4.78, 5) is 10.7. The van der Waals surface area contributed by atoms with Crippen LogP contribution in [0.4, 0.5) is 4.39 Å². The van der Waals surface area contributed by atoms with Crippen molar-refractivity contribution in [2.24, 2.45) is 0 Å². The molecule has 0 aliphatic carbocycles. The van der Waals surface area contributed by atoms with Crippen LogP contribution in [0.1, 0.15) is 24.0 Å². The van der Waals surface area contributed by atoms with Gasteiger partial charge in [0, 0.05) is 0 Å². The van der Waals surface area contributed by atoms with Gasteiger partial charge >= 0.3 is 5.97 Å². The summed E-state index contributed by atoms with van der Waals surface area (Å²) in [5.41, 5.74) is 1.03. The van der Waals surface area contributed by atoms with Gasteiger partial charge in [0.25, 0.3) is 0 Å². The van der Waals surface area contributed by atoms with Gasteiger partial charge in [0.15, 0.2) is 0 Å². The van der Waals surface area contributed by atoms with Crippen LogP contribution in [-0.4, -0.2) is 11.1 Å². The predicted octanol–water partition coefficient (Wildman–Crippen LogP) is 2.98. The van der Waals surface area contributed by atoms with Gasteiger partial charge in [0.2, 0.25) is 0 Å². The van der Waals surface area contributed by atoms with Gasteiger partial charge in [0.05, 0.1) is 10.9 Å². The van der Waals surface area contributed by atoms with Crippen LogP contribution in [0.2, 0.25) is 5.02 Å². The minimum absolute atomic E-state index is 0.00407. The van der Waals surface area contributed by atoms with Gasteiger partial charge in [0.1, 0.15) is 5.82 Å². The third kappa shape index (κ3) is 1.87. The van der Waals surface area contributed by atoms with Gasteiger partial charge < -0.3 is 5.11 Å². The summed E-state index contributed by atoms with van der Waals surface area (Å²) in [5, 5.41) is 8.78. The monoisotopic (exact) mass is 216 g/mol. The highest BCUT2D eigenvalue weighted by molar-refractivity contribution is 6.31. The summed E-state index contributed by atoms with van der Waals surface area (Å²) in [6.07, 6.45) is 0. The quantitative estimate of drug-likeness (QED) is 0.825. The molecule has 1 rings (SSSR count). The average molecular weight is 217 g/mol. The highest BCUT2D eigenvalue weighted by Crippen LogP contribution is 2.27. The van der Waals surface area contributed by atoms with E-state index in [0.717, 1.165) is 0 Å². The van der Waals surface area contributed by atoms with E-state index in [0.29, 0.717) is 11.1 Å². The lowest BCUT2D eigenvalue weighted by Gasteiger charge is -2.11. The fourth-order valence-electron chi connectivity index (χ4n) is 1.27. The van der Waals surface area contributed by atoms with Crippen molar-refractivity contribution in [3.8, 4) is 0 Å². The smallest absolute Gasteiger partial charge is 0.310 e. The average Bonchev–Trinajstić information content (AvgIpc) is 2.13. The molecule has 0 spiro atoms. The Morgan fingerprint density at radius 2 is 2.14 bits per heavy atom. The highest BCUT2D eigenvalue weighted by Gasteiger charge is 2.18. The van der Waals surface area contributed by atoms with Crippen LogP contribution in [0.3, 0.4) is 0 Å². The number of benzene rings is 1. The second-order valence-corrected chi connectivity index (χ2v) is 3.51. The molecule has 0 aliphatic rings. The van der Waals surface area contributed by atoms with E-state index in [1.807, 2.05) is 0 Å². The summed E-state index contributed by atoms with van der Waals surface area (Å²) in [5.74, 6) is -2.14. The van der Waals surface area contributed by atoms with Crippen molar-refractivity contribution in [1.29, 1.82) is 0 Å². The van der Waals surface area contributed by atoms with E-state index in [2.05, 4.69) is 0 Å². The molecule has 0 heterocycles. The molecule has 2 nitrogen and oxygen atoms in total. The molecule has 0 aliphatic heterocycles. The first-order valence-corrected chi connectivity index (χ1v) is 4.50. The number of carboxylic acid groups (broad SMARTS) is 1. The van der Waals surface area contributed by atoms with Crippen LogP contribution in [0, 0.1) is 12.7 Å². The molecule has 76 valence electrons. The SMILES string of the molecule is Cc1c(C(C)C(=O)O)ccc(F)c1Cl. The Bertz CT molecular complexity index is 377. The lowest BCUT2D eigenvalue weighted by molar-refractivity contribution is -0.138. The van der Waals surface area contributed by atoms with Crippen molar-refractivity contribution in [3.05, 3.63) is 34.1 Å². The van der Waals surface area contributed by atoms with Crippen molar-refractivity contribution >= 4 is 17.6 Å². The standard InChI is InChI=1S/C10H10ClFO2/c1-5-7(6(2)10(13)14)3-4-8(12)9(5)11/h3-4,6H,1-2H3,(H,13,14). The third-order valence-corrected chi connectivity index (χ3v) is 2.68. The largest absolute Gasteiger partial charge is 0.481 e. The summed E-state index contributed by atoms with van der Waals surface area (Å²) < 4.78 is 12.9. The van der Waals surface area contributed by atoms with E-state index in [1.54, 1.807) is 13.8 Å². The Hall–Kier alpha value is -1.09. The van der Waals surface area contributed by atoms with Gasteiger partial charge in [-0.1, -0.05) is 17.7 Å². The summed E-state index contributed by atoms with van der Waals surface area (Å²) in [6, 6.07) is 2.64. The van der Waals surface area contributed by atoms with Gasteiger partial charge in [-0.3, -0.25) is 4.79 Å². The molecule has 0 saturated carbocycles. The molecule has 0 saturated heterocycles. The third-order valence-electron chi connectivity index (χ3n) is 2.22. The van der Waals surface area contributed by atoms with Gasteiger partial charge in [-0.2, -0.15) is 0 Å². The van der Waals surface area contributed by atoms with Crippen molar-refractivity contribution in [2.75, 3.05) is 0 Å². The molecule has 0 bridgehead atoms. The van der Waals surface area contributed by atoms with Crippen LogP contribution >= 0.6 is 11.6 Å². The maximum absolute atomic E-state index is 12.9.